The molecule has 0 radical (unpaired) electrons. The average Bonchev–Trinajstić information content (AvgIpc) is 2.14. The molecule has 1 rings (SSSR count). The van der Waals surface area contributed by atoms with E-state index in [1.807, 2.05) is 26.0 Å². The van der Waals surface area contributed by atoms with E-state index in [0.29, 0.717) is 12.1 Å². The first-order valence-corrected chi connectivity index (χ1v) is 4.90. The van der Waals surface area contributed by atoms with Gasteiger partial charge < -0.3 is 16.8 Å². The topological polar surface area (TPSA) is 81.1 Å². The summed E-state index contributed by atoms with van der Waals surface area (Å²) in [5.74, 6) is -0.397. The Kier molecular flexibility index (Phi) is 3.68. The smallest absolute Gasteiger partial charge is 0.248 e. The summed E-state index contributed by atoms with van der Waals surface area (Å²) in [4.78, 5) is 11.0. The minimum absolute atomic E-state index is 0.0983. The monoisotopic (exact) mass is 207 g/mol. The number of rotatable bonds is 4. The third-order valence-electron chi connectivity index (χ3n) is 2.12. The number of anilines is 1. The van der Waals surface area contributed by atoms with E-state index in [1.54, 1.807) is 6.07 Å². The standard InChI is InChI=1S/C11H17N3O/c1-7-5-9(14-6-8(2)12)3-4-10(7)11(13)15/h3-5,8,14H,6,12H2,1-2H3,(H2,13,15). The highest BCUT2D eigenvalue weighted by Crippen LogP contribution is 2.14. The molecule has 82 valence electrons. The Bertz CT molecular complexity index is 361. The molecule has 0 spiro atoms. The predicted octanol–water partition coefficient (Wildman–Crippen LogP) is 0.853. The molecule has 4 heteroatoms. The molecule has 1 unspecified atom stereocenters. The van der Waals surface area contributed by atoms with Crippen LogP contribution in [-0.2, 0) is 0 Å². The molecule has 0 aliphatic rings. The Labute approximate surface area is 89.6 Å². The van der Waals surface area contributed by atoms with Crippen LogP contribution in [0.25, 0.3) is 0 Å². The molecule has 1 amide bonds. The minimum Gasteiger partial charge on any atom is -0.383 e. The van der Waals surface area contributed by atoms with Crippen molar-refractivity contribution >= 4 is 11.6 Å². The Morgan fingerprint density at radius 3 is 2.67 bits per heavy atom. The first-order valence-electron chi connectivity index (χ1n) is 4.90. The van der Waals surface area contributed by atoms with Crippen molar-refractivity contribution in [3.63, 3.8) is 0 Å². The Morgan fingerprint density at radius 2 is 2.20 bits per heavy atom. The number of hydrogen-bond acceptors (Lipinski definition) is 3. The molecule has 1 atom stereocenters. The quantitative estimate of drug-likeness (QED) is 0.684. The normalized spacial score (nSPS) is 12.2. The molecule has 1 aromatic carbocycles. The molecule has 0 saturated heterocycles. The lowest BCUT2D eigenvalue weighted by Gasteiger charge is -2.10. The number of hydrogen-bond donors (Lipinski definition) is 3. The summed E-state index contributed by atoms with van der Waals surface area (Å²) in [6.45, 7) is 4.49. The van der Waals surface area contributed by atoms with Gasteiger partial charge in [0.2, 0.25) is 5.91 Å². The van der Waals surface area contributed by atoms with Gasteiger partial charge in [0.1, 0.15) is 0 Å². The van der Waals surface area contributed by atoms with Gasteiger partial charge in [-0.2, -0.15) is 0 Å². The highest BCUT2D eigenvalue weighted by Gasteiger charge is 2.05. The van der Waals surface area contributed by atoms with E-state index >= 15 is 0 Å². The predicted molar refractivity (Wildman–Crippen MR) is 61.8 cm³/mol. The molecular weight excluding hydrogens is 190 g/mol. The maximum atomic E-state index is 11.0. The van der Waals surface area contributed by atoms with Gasteiger partial charge in [-0.3, -0.25) is 4.79 Å². The third-order valence-corrected chi connectivity index (χ3v) is 2.12. The van der Waals surface area contributed by atoms with E-state index in [2.05, 4.69) is 5.32 Å². The zero-order valence-electron chi connectivity index (χ0n) is 9.08. The second-order valence-corrected chi connectivity index (χ2v) is 3.75. The lowest BCUT2D eigenvalue weighted by Crippen LogP contribution is -2.25. The molecule has 15 heavy (non-hydrogen) atoms. The van der Waals surface area contributed by atoms with E-state index in [1.165, 1.54) is 0 Å². The van der Waals surface area contributed by atoms with Gasteiger partial charge in [0, 0.05) is 23.8 Å². The summed E-state index contributed by atoms with van der Waals surface area (Å²) in [5, 5.41) is 3.17. The van der Waals surface area contributed by atoms with Gasteiger partial charge >= 0.3 is 0 Å². The first-order chi connectivity index (χ1) is 7.00. The number of aryl methyl sites for hydroxylation is 1. The number of carbonyl (C=O) groups excluding carboxylic acids is 1. The summed E-state index contributed by atoms with van der Waals surface area (Å²) in [7, 11) is 0. The molecule has 0 saturated carbocycles. The first kappa shape index (κ1) is 11.5. The molecule has 0 fully saturated rings. The summed E-state index contributed by atoms with van der Waals surface area (Å²) < 4.78 is 0. The molecule has 0 heterocycles. The van der Waals surface area contributed by atoms with Crippen molar-refractivity contribution in [1.82, 2.24) is 0 Å². The largest absolute Gasteiger partial charge is 0.383 e. The molecule has 0 bridgehead atoms. The number of amides is 1. The molecule has 0 aliphatic heterocycles. The highest BCUT2D eigenvalue weighted by atomic mass is 16.1. The Morgan fingerprint density at radius 1 is 1.53 bits per heavy atom. The van der Waals surface area contributed by atoms with E-state index in [9.17, 15) is 4.79 Å². The second-order valence-electron chi connectivity index (χ2n) is 3.75. The Balaban J connectivity index is 2.78. The van der Waals surface area contributed by atoms with E-state index in [0.717, 1.165) is 11.3 Å². The van der Waals surface area contributed by atoms with Crippen LogP contribution in [0.15, 0.2) is 18.2 Å². The van der Waals surface area contributed by atoms with Crippen LogP contribution < -0.4 is 16.8 Å². The van der Waals surface area contributed by atoms with Crippen LogP contribution in [0.1, 0.15) is 22.8 Å². The summed E-state index contributed by atoms with van der Waals surface area (Å²) in [6, 6.07) is 5.54. The van der Waals surface area contributed by atoms with Gasteiger partial charge in [-0.15, -0.1) is 0 Å². The van der Waals surface area contributed by atoms with E-state index in [4.69, 9.17) is 11.5 Å². The molecule has 0 aromatic heterocycles. The van der Waals surface area contributed by atoms with Crippen LogP contribution in [0.4, 0.5) is 5.69 Å². The third kappa shape index (κ3) is 3.25. The van der Waals surface area contributed by atoms with Crippen molar-refractivity contribution in [3.8, 4) is 0 Å². The molecule has 1 aromatic rings. The fourth-order valence-electron chi connectivity index (χ4n) is 1.33. The van der Waals surface area contributed by atoms with Crippen molar-refractivity contribution in [1.29, 1.82) is 0 Å². The van der Waals surface area contributed by atoms with Crippen LogP contribution in [0.5, 0.6) is 0 Å². The fraction of sp³-hybridized carbons (Fsp3) is 0.364. The van der Waals surface area contributed by atoms with Crippen molar-refractivity contribution in [2.45, 2.75) is 19.9 Å². The number of carbonyl (C=O) groups is 1. The van der Waals surface area contributed by atoms with Gasteiger partial charge in [-0.05, 0) is 37.6 Å². The van der Waals surface area contributed by atoms with E-state index in [-0.39, 0.29) is 6.04 Å². The van der Waals surface area contributed by atoms with Crippen LogP contribution in [0.3, 0.4) is 0 Å². The zero-order valence-corrected chi connectivity index (χ0v) is 9.08. The van der Waals surface area contributed by atoms with Gasteiger partial charge in [-0.1, -0.05) is 0 Å². The van der Waals surface area contributed by atoms with Crippen LogP contribution in [0, 0.1) is 6.92 Å². The lowest BCUT2D eigenvalue weighted by molar-refractivity contribution is 0.1000. The molecule has 0 aliphatic carbocycles. The fourth-order valence-corrected chi connectivity index (χ4v) is 1.33. The number of primary amides is 1. The maximum Gasteiger partial charge on any atom is 0.248 e. The van der Waals surface area contributed by atoms with E-state index < -0.39 is 5.91 Å². The lowest BCUT2D eigenvalue weighted by atomic mass is 10.1. The van der Waals surface area contributed by atoms with Gasteiger partial charge in [-0.25, -0.2) is 0 Å². The summed E-state index contributed by atoms with van der Waals surface area (Å²) in [5.41, 5.74) is 13.2. The second kappa shape index (κ2) is 4.79. The highest BCUT2D eigenvalue weighted by molar-refractivity contribution is 5.94. The molecule has 5 N–H and O–H groups in total. The number of benzene rings is 1. The van der Waals surface area contributed by atoms with Crippen molar-refractivity contribution in [3.05, 3.63) is 29.3 Å². The van der Waals surface area contributed by atoms with Crippen LogP contribution in [-0.4, -0.2) is 18.5 Å². The number of nitrogens with two attached hydrogens (primary N) is 2. The van der Waals surface area contributed by atoms with Crippen LogP contribution in [0.2, 0.25) is 0 Å². The molecule has 4 nitrogen and oxygen atoms in total. The van der Waals surface area contributed by atoms with Crippen molar-refractivity contribution in [2.75, 3.05) is 11.9 Å². The molecular formula is C11H17N3O. The van der Waals surface area contributed by atoms with Gasteiger partial charge in [0.05, 0.1) is 0 Å². The summed E-state index contributed by atoms with van der Waals surface area (Å²) in [6.07, 6.45) is 0. The van der Waals surface area contributed by atoms with Gasteiger partial charge in [0.15, 0.2) is 0 Å². The Hall–Kier alpha value is -1.55. The minimum atomic E-state index is -0.397. The average molecular weight is 207 g/mol. The van der Waals surface area contributed by atoms with Gasteiger partial charge in [0.25, 0.3) is 0 Å². The van der Waals surface area contributed by atoms with Crippen LogP contribution >= 0.6 is 0 Å². The zero-order chi connectivity index (χ0) is 11.4. The summed E-state index contributed by atoms with van der Waals surface area (Å²) >= 11 is 0. The van der Waals surface area contributed by atoms with Crippen molar-refractivity contribution < 1.29 is 4.79 Å². The SMILES string of the molecule is Cc1cc(NCC(C)N)ccc1C(N)=O. The maximum absolute atomic E-state index is 11.0. The van der Waals surface area contributed by atoms with Crippen molar-refractivity contribution in [2.24, 2.45) is 11.5 Å². The number of nitrogens with one attached hydrogen (secondary N) is 1.